The maximum Gasteiger partial charge on any atom is 0.412 e. The summed E-state index contributed by atoms with van der Waals surface area (Å²) in [4.78, 5) is 23.3. The first-order chi connectivity index (χ1) is 11.0. The molecule has 1 aromatic carbocycles. The summed E-state index contributed by atoms with van der Waals surface area (Å²) in [6, 6.07) is 6.53. The van der Waals surface area contributed by atoms with E-state index in [4.69, 9.17) is 14.2 Å². The van der Waals surface area contributed by atoms with Crippen LogP contribution in [-0.2, 0) is 14.3 Å². The molecule has 7 heteroatoms. The summed E-state index contributed by atoms with van der Waals surface area (Å²) >= 11 is 0. The van der Waals surface area contributed by atoms with Gasteiger partial charge in [0.1, 0.15) is 5.75 Å². The van der Waals surface area contributed by atoms with E-state index in [1.807, 2.05) is 6.92 Å². The van der Waals surface area contributed by atoms with E-state index in [2.05, 4.69) is 10.6 Å². The highest BCUT2D eigenvalue weighted by Crippen LogP contribution is 2.17. The van der Waals surface area contributed by atoms with E-state index in [0.29, 0.717) is 37.0 Å². The smallest absolute Gasteiger partial charge is 0.412 e. The van der Waals surface area contributed by atoms with Gasteiger partial charge in [-0.1, -0.05) is 6.07 Å². The SMILES string of the molecule is CCOCCNC(=O)Oc1cccc(NC(=O)C=C(C)OC)c1. The number of ether oxygens (including phenoxy) is 3. The summed E-state index contributed by atoms with van der Waals surface area (Å²) in [6.45, 7) is 4.93. The van der Waals surface area contributed by atoms with E-state index >= 15 is 0 Å². The molecule has 0 aliphatic rings. The van der Waals surface area contributed by atoms with Gasteiger partial charge in [-0.15, -0.1) is 0 Å². The number of allylic oxidation sites excluding steroid dienone is 1. The highest BCUT2D eigenvalue weighted by atomic mass is 16.6. The second-order valence-corrected chi connectivity index (χ2v) is 4.49. The van der Waals surface area contributed by atoms with Gasteiger partial charge in [0.05, 0.1) is 19.5 Å². The van der Waals surface area contributed by atoms with Crippen molar-refractivity contribution in [1.82, 2.24) is 5.32 Å². The van der Waals surface area contributed by atoms with Crippen molar-refractivity contribution in [2.75, 3.05) is 32.2 Å². The van der Waals surface area contributed by atoms with Crippen LogP contribution in [-0.4, -0.2) is 38.9 Å². The van der Waals surface area contributed by atoms with Crippen LogP contribution in [0.5, 0.6) is 5.75 Å². The average molecular weight is 322 g/mol. The number of benzene rings is 1. The summed E-state index contributed by atoms with van der Waals surface area (Å²) in [5, 5.41) is 5.21. The van der Waals surface area contributed by atoms with E-state index in [-0.39, 0.29) is 5.91 Å². The molecule has 126 valence electrons. The number of anilines is 1. The Labute approximate surface area is 135 Å². The van der Waals surface area contributed by atoms with Crippen LogP contribution >= 0.6 is 0 Å². The summed E-state index contributed by atoms with van der Waals surface area (Å²) in [5.41, 5.74) is 0.509. The maximum atomic E-state index is 11.7. The Bertz CT molecular complexity index is 557. The van der Waals surface area contributed by atoms with E-state index in [1.54, 1.807) is 31.2 Å². The van der Waals surface area contributed by atoms with E-state index in [0.717, 1.165) is 0 Å². The first-order valence-electron chi connectivity index (χ1n) is 7.22. The first-order valence-corrected chi connectivity index (χ1v) is 7.22. The van der Waals surface area contributed by atoms with Gasteiger partial charge in [-0.2, -0.15) is 0 Å². The van der Waals surface area contributed by atoms with Gasteiger partial charge in [0, 0.05) is 31.0 Å². The zero-order valence-electron chi connectivity index (χ0n) is 13.5. The Morgan fingerprint density at radius 1 is 1.30 bits per heavy atom. The minimum atomic E-state index is -0.580. The molecule has 0 spiro atoms. The van der Waals surface area contributed by atoms with Crippen LogP contribution in [0.15, 0.2) is 36.1 Å². The Morgan fingerprint density at radius 2 is 2.09 bits per heavy atom. The quantitative estimate of drug-likeness (QED) is 0.436. The molecular weight excluding hydrogens is 300 g/mol. The second-order valence-electron chi connectivity index (χ2n) is 4.49. The Hall–Kier alpha value is -2.54. The van der Waals surface area contributed by atoms with Crippen LogP contribution in [0.1, 0.15) is 13.8 Å². The normalized spacial score (nSPS) is 10.8. The van der Waals surface area contributed by atoms with Crippen molar-refractivity contribution in [3.8, 4) is 5.75 Å². The monoisotopic (exact) mass is 322 g/mol. The molecule has 0 radical (unpaired) electrons. The molecule has 0 fully saturated rings. The molecule has 0 heterocycles. The molecule has 0 atom stereocenters. The number of rotatable bonds is 8. The number of carbonyl (C=O) groups excluding carboxylic acids is 2. The fourth-order valence-corrected chi connectivity index (χ4v) is 1.57. The molecule has 0 aromatic heterocycles. The predicted molar refractivity (Wildman–Crippen MR) is 86.4 cm³/mol. The van der Waals surface area contributed by atoms with E-state index in [9.17, 15) is 9.59 Å². The van der Waals surface area contributed by atoms with Crippen LogP contribution in [0.2, 0.25) is 0 Å². The van der Waals surface area contributed by atoms with Gasteiger partial charge in [0.25, 0.3) is 5.91 Å². The van der Waals surface area contributed by atoms with Gasteiger partial charge in [0.2, 0.25) is 0 Å². The standard InChI is InChI=1S/C16H22N2O5/c1-4-22-9-8-17-16(20)23-14-7-5-6-13(11-14)18-15(19)10-12(2)21-3/h5-7,10-11H,4,8-9H2,1-3H3,(H,17,20)(H,18,19). The number of nitrogens with one attached hydrogen (secondary N) is 2. The summed E-state index contributed by atoms with van der Waals surface area (Å²) in [5.74, 6) is 0.482. The Balaban J connectivity index is 2.53. The zero-order chi connectivity index (χ0) is 17.1. The molecule has 23 heavy (non-hydrogen) atoms. The van der Waals surface area contributed by atoms with E-state index < -0.39 is 6.09 Å². The van der Waals surface area contributed by atoms with Gasteiger partial charge in [-0.3, -0.25) is 4.79 Å². The van der Waals surface area contributed by atoms with Crippen molar-refractivity contribution in [3.05, 3.63) is 36.1 Å². The fourth-order valence-electron chi connectivity index (χ4n) is 1.57. The molecule has 0 bridgehead atoms. The third kappa shape index (κ3) is 7.87. The van der Waals surface area contributed by atoms with Crippen LogP contribution in [0.3, 0.4) is 0 Å². The average Bonchev–Trinajstić information content (AvgIpc) is 2.51. The lowest BCUT2D eigenvalue weighted by Gasteiger charge is -2.08. The maximum absolute atomic E-state index is 11.7. The molecule has 0 unspecified atom stereocenters. The zero-order valence-corrected chi connectivity index (χ0v) is 13.5. The molecule has 0 saturated heterocycles. The van der Waals surface area contributed by atoms with Crippen LogP contribution in [0.4, 0.5) is 10.5 Å². The van der Waals surface area contributed by atoms with Crippen molar-refractivity contribution in [2.24, 2.45) is 0 Å². The topological polar surface area (TPSA) is 85.9 Å². The summed E-state index contributed by atoms with van der Waals surface area (Å²) in [7, 11) is 1.48. The number of methoxy groups -OCH3 is 1. The van der Waals surface area contributed by atoms with Crippen molar-refractivity contribution >= 4 is 17.7 Å². The van der Waals surface area contributed by atoms with Gasteiger partial charge in [0.15, 0.2) is 0 Å². The second kappa shape index (κ2) is 10.2. The predicted octanol–water partition coefficient (Wildman–Crippen LogP) is 2.30. The van der Waals surface area contributed by atoms with Gasteiger partial charge >= 0.3 is 6.09 Å². The van der Waals surface area contributed by atoms with Crippen LogP contribution in [0.25, 0.3) is 0 Å². The number of amides is 2. The van der Waals surface area contributed by atoms with Gasteiger partial charge in [-0.05, 0) is 26.0 Å². The highest BCUT2D eigenvalue weighted by molar-refractivity contribution is 5.99. The minimum absolute atomic E-state index is 0.323. The molecule has 2 amide bonds. The molecular formula is C16H22N2O5. The molecule has 1 aromatic rings. The number of hydrogen-bond donors (Lipinski definition) is 2. The molecule has 0 saturated carbocycles. The first kappa shape index (κ1) is 18.5. The van der Waals surface area contributed by atoms with Crippen molar-refractivity contribution in [3.63, 3.8) is 0 Å². The van der Waals surface area contributed by atoms with Crippen molar-refractivity contribution < 1.29 is 23.8 Å². The lowest BCUT2D eigenvalue weighted by molar-refractivity contribution is -0.112. The molecule has 7 nitrogen and oxygen atoms in total. The lowest BCUT2D eigenvalue weighted by Crippen LogP contribution is -2.30. The minimum Gasteiger partial charge on any atom is -0.501 e. The molecule has 2 N–H and O–H groups in total. The van der Waals surface area contributed by atoms with Crippen LogP contribution in [0, 0.1) is 0 Å². The summed E-state index contributed by atoms with van der Waals surface area (Å²) in [6.07, 6.45) is 0.747. The molecule has 1 rings (SSSR count). The number of carbonyl (C=O) groups is 2. The number of hydrogen-bond acceptors (Lipinski definition) is 5. The highest BCUT2D eigenvalue weighted by Gasteiger charge is 2.06. The van der Waals surface area contributed by atoms with Crippen LogP contribution < -0.4 is 15.4 Å². The Morgan fingerprint density at radius 3 is 2.78 bits per heavy atom. The largest absolute Gasteiger partial charge is 0.501 e. The van der Waals surface area contributed by atoms with Gasteiger partial charge in [-0.25, -0.2) is 4.79 Å². The van der Waals surface area contributed by atoms with Crippen molar-refractivity contribution in [1.29, 1.82) is 0 Å². The van der Waals surface area contributed by atoms with Crippen molar-refractivity contribution in [2.45, 2.75) is 13.8 Å². The molecule has 0 aliphatic heterocycles. The van der Waals surface area contributed by atoms with Gasteiger partial charge < -0.3 is 24.8 Å². The fraction of sp³-hybridized carbons (Fsp3) is 0.375. The third-order valence-electron chi connectivity index (χ3n) is 2.69. The Kier molecular flexibility index (Phi) is 8.23. The molecule has 0 aliphatic carbocycles. The lowest BCUT2D eigenvalue weighted by atomic mass is 10.3. The van der Waals surface area contributed by atoms with E-state index in [1.165, 1.54) is 13.2 Å². The summed E-state index contributed by atoms with van der Waals surface area (Å²) < 4.78 is 15.1. The third-order valence-corrected chi connectivity index (χ3v) is 2.69.